The maximum absolute atomic E-state index is 11.8. The van der Waals surface area contributed by atoms with E-state index in [4.69, 9.17) is 0 Å². The van der Waals surface area contributed by atoms with Crippen molar-refractivity contribution in [2.45, 2.75) is 38.2 Å². The average molecular weight is 223 g/mol. The Bertz CT molecular complexity index is 321. The minimum Gasteiger partial charge on any atom is -0.393 e. The molecule has 1 N–H and O–H groups in total. The van der Waals surface area contributed by atoms with Gasteiger partial charge in [-0.1, -0.05) is 12.8 Å². The predicted octanol–water partition coefficient (Wildman–Crippen LogP) is 0.542. The van der Waals surface area contributed by atoms with Crippen LogP contribution in [-0.2, 0) is 9.59 Å². The normalized spacial score (nSPS) is 42.4. The third-order valence-electron chi connectivity index (χ3n) is 4.24. The monoisotopic (exact) mass is 223 g/mol. The molecule has 0 spiro atoms. The third-order valence-corrected chi connectivity index (χ3v) is 4.24. The summed E-state index contributed by atoms with van der Waals surface area (Å²) in [6, 6.07) is 0. The van der Waals surface area contributed by atoms with E-state index in [9.17, 15) is 14.7 Å². The first kappa shape index (κ1) is 10.3. The Morgan fingerprint density at radius 1 is 1.12 bits per heavy atom. The van der Waals surface area contributed by atoms with Gasteiger partial charge in [0.1, 0.15) is 0 Å². The van der Waals surface area contributed by atoms with Crippen molar-refractivity contribution in [3.8, 4) is 0 Å². The van der Waals surface area contributed by atoms with Crippen LogP contribution >= 0.6 is 0 Å². The number of fused-ring (bicyclic) bond motifs is 1. The quantitative estimate of drug-likeness (QED) is 0.695. The number of carbonyl (C=O) groups excluding carboxylic acids is 2. The summed E-state index contributed by atoms with van der Waals surface area (Å²) in [7, 11) is 0. The van der Waals surface area contributed by atoms with E-state index in [0.717, 1.165) is 32.1 Å². The van der Waals surface area contributed by atoms with Crippen LogP contribution in [0.1, 0.15) is 32.1 Å². The number of aliphatic hydroxyl groups is 1. The molecule has 2 aliphatic carbocycles. The largest absolute Gasteiger partial charge is 0.393 e. The molecule has 4 nitrogen and oxygen atoms in total. The smallest absolute Gasteiger partial charge is 0.233 e. The molecule has 16 heavy (non-hydrogen) atoms. The highest BCUT2D eigenvalue weighted by atomic mass is 16.3. The molecule has 0 bridgehead atoms. The Balaban J connectivity index is 1.66. The lowest BCUT2D eigenvalue weighted by Gasteiger charge is -2.30. The van der Waals surface area contributed by atoms with E-state index >= 15 is 0 Å². The van der Waals surface area contributed by atoms with Crippen LogP contribution in [0.25, 0.3) is 0 Å². The first-order valence-corrected chi connectivity index (χ1v) is 6.22. The molecule has 0 aromatic carbocycles. The Morgan fingerprint density at radius 3 is 2.38 bits per heavy atom. The minimum atomic E-state index is -0.328. The van der Waals surface area contributed by atoms with Gasteiger partial charge in [0.05, 0.1) is 17.9 Å². The van der Waals surface area contributed by atoms with Gasteiger partial charge in [-0.05, 0) is 19.3 Å². The Labute approximate surface area is 94.6 Å². The zero-order valence-electron chi connectivity index (χ0n) is 9.26. The Kier molecular flexibility index (Phi) is 2.28. The molecule has 3 fully saturated rings. The van der Waals surface area contributed by atoms with Gasteiger partial charge in [0, 0.05) is 12.5 Å². The van der Waals surface area contributed by atoms with E-state index in [2.05, 4.69) is 0 Å². The van der Waals surface area contributed by atoms with Gasteiger partial charge in [0.2, 0.25) is 11.8 Å². The highest BCUT2D eigenvalue weighted by molar-refractivity contribution is 6.08. The Hall–Kier alpha value is -0.900. The molecule has 0 aromatic heterocycles. The van der Waals surface area contributed by atoms with Crippen LogP contribution in [0.15, 0.2) is 0 Å². The molecule has 88 valence electrons. The summed E-state index contributed by atoms with van der Waals surface area (Å²) in [5.74, 6) is 0.112. The number of rotatable bonds is 2. The van der Waals surface area contributed by atoms with Gasteiger partial charge in [-0.3, -0.25) is 14.5 Å². The van der Waals surface area contributed by atoms with Crippen molar-refractivity contribution in [3.63, 3.8) is 0 Å². The highest BCUT2D eigenvalue weighted by Crippen LogP contribution is 2.47. The van der Waals surface area contributed by atoms with Gasteiger partial charge < -0.3 is 5.11 Å². The number of likely N-dealkylation sites (tertiary alicyclic amines) is 1. The van der Waals surface area contributed by atoms with Crippen LogP contribution in [0.5, 0.6) is 0 Å². The van der Waals surface area contributed by atoms with Gasteiger partial charge in [0.15, 0.2) is 0 Å². The fourth-order valence-electron chi connectivity index (χ4n) is 3.07. The first-order chi connectivity index (χ1) is 7.68. The number of imide groups is 1. The second kappa shape index (κ2) is 3.55. The van der Waals surface area contributed by atoms with Crippen LogP contribution in [-0.4, -0.2) is 34.5 Å². The molecule has 3 aliphatic rings. The molecule has 2 saturated carbocycles. The van der Waals surface area contributed by atoms with Gasteiger partial charge in [-0.15, -0.1) is 0 Å². The lowest BCUT2D eigenvalue weighted by atomic mass is 9.86. The summed E-state index contributed by atoms with van der Waals surface area (Å²) in [5.41, 5.74) is 0. The van der Waals surface area contributed by atoms with Gasteiger partial charge >= 0.3 is 0 Å². The molecule has 0 aromatic rings. The molecule has 4 atom stereocenters. The zero-order chi connectivity index (χ0) is 11.3. The molecule has 1 aliphatic heterocycles. The molecule has 1 saturated heterocycles. The maximum Gasteiger partial charge on any atom is 0.233 e. The second-order valence-corrected chi connectivity index (χ2v) is 5.35. The van der Waals surface area contributed by atoms with E-state index in [1.54, 1.807) is 0 Å². The van der Waals surface area contributed by atoms with Crippen molar-refractivity contribution in [3.05, 3.63) is 0 Å². The van der Waals surface area contributed by atoms with E-state index < -0.39 is 0 Å². The summed E-state index contributed by atoms with van der Waals surface area (Å²) in [6.07, 6.45) is 4.35. The Morgan fingerprint density at radius 2 is 1.75 bits per heavy atom. The summed E-state index contributed by atoms with van der Waals surface area (Å²) in [5, 5.41) is 9.83. The van der Waals surface area contributed by atoms with Crippen molar-refractivity contribution in [2.75, 3.05) is 6.54 Å². The van der Waals surface area contributed by atoms with Crippen LogP contribution < -0.4 is 0 Å². The zero-order valence-corrected chi connectivity index (χ0v) is 9.26. The fraction of sp³-hybridized carbons (Fsp3) is 0.833. The standard InChI is InChI=1S/C12H17NO3/c14-10-4-2-1-3-7(10)6-13-11(15)8-5-9(8)12(13)16/h7-10,14H,1-6H2. The van der Waals surface area contributed by atoms with E-state index in [-0.39, 0.29) is 35.7 Å². The molecule has 4 unspecified atom stereocenters. The maximum atomic E-state index is 11.8. The lowest BCUT2D eigenvalue weighted by Crippen LogP contribution is -2.41. The van der Waals surface area contributed by atoms with Crippen LogP contribution in [0.4, 0.5) is 0 Å². The van der Waals surface area contributed by atoms with Gasteiger partial charge in [-0.2, -0.15) is 0 Å². The van der Waals surface area contributed by atoms with Gasteiger partial charge in [-0.25, -0.2) is 0 Å². The van der Waals surface area contributed by atoms with E-state index in [0.29, 0.717) is 6.54 Å². The lowest BCUT2D eigenvalue weighted by molar-refractivity contribution is -0.142. The van der Waals surface area contributed by atoms with Crippen molar-refractivity contribution in [2.24, 2.45) is 17.8 Å². The molecule has 3 rings (SSSR count). The molecule has 0 radical (unpaired) electrons. The van der Waals surface area contributed by atoms with Crippen molar-refractivity contribution in [1.82, 2.24) is 4.90 Å². The van der Waals surface area contributed by atoms with Crippen LogP contribution in [0, 0.1) is 17.8 Å². The summed E-state index contributed by atoms with van der Waals surface area (Å²) >= 11 is 0. The number of nitrogens with zero attached hydrogens (tertiary/aromatic N) is 1. The third kappa shape index (κ3) is 1.47. The molecular weight excluding hydrogens is 206 g/mol. The number of carbonyl (C=O) groups is 2. The van der Waals surface area contributed by atoms with Crippen LogP contribution in [0.3, 0.4) is 0 Å². The number of aliphatic hydroxyl groups excluding tert-OH is 1. The SMILES string of the molecule is O=C1C2CC2C(=O)N1CC1CCCCC1O. The second-order valence-electron chi connectivity index (χ2n) is 5.35. The van der Waals surface area contributed by atoms with E-state index in [1.165, 1.54) is 4.90 Å². The number of amides is 2. The van der Waals surface area contributed by atoms with E-state index in [1.807, 2.05) is 0 Å². The highest BCUT2D eigenvalue weighted by Gasteiger charge is 2.59. The molecule has 1 heterocycles. The summed E-state index contributed by atoms with van der Waals surface area (Å²) < 4.78 is 0. The van der Waals surface area contributed by atoms with Crippen molar-refractivity contribution < 1.29 is 14.7 Å². The topological polar surface area (TPSA) is 57.6 Å². The molecule has 4 heteroatoms. The number of piperidine rings is 1. The predicted molar refractivity (Wildman–Crippen MR) is 56.3 cm³/mol. The number of hydrogen-bond acceptors (Lipinski definition) is 3. The average Bonchev–Trinajstić information content (AvgIpc) is 3.02. The minimum absolute atomic E-state index is 0.00627. The summed E-state index contributed by atoms with van der Waals surface area (Å²) in [4.78, 5) is 24.9. The molecule has 2 amide bonds. The van der Waals surface area contributed by atoms with Crippen LogP contribution in [0.2, 0.25) is 0 Å². The van der Waals surface area contributed by atoms with Gasteiger partial charge in [0.25, 0.3) is 0 Å². The fourth-order valence-corrected chi connectivity index (χ4v) is 3.07. The first-order valence-electron chi connectivity index (χ1n) is 6.22. The van der Waals surface area contributed by atoms with Crippen molar-refractivity contribution >= 4 is 11.8 Å². The molecular formula is C12H17NO3. The van der Waals surface area contributed by atoms with Crippen molar-refractivity contribution in [1.29, 1.82) is 0 Å². The summed E-state index contributed by atoms with van der Waals surface area (Å²) in [6.45, 7) is 0.450. The number of hydrogen-bond donors (Lipinski definition) is 1.